The van der Waals surface area contributed by atoms with Gasteiger partial charge in [-0.2, -0.15) is 0 Å². The van der Waals surface area contributed by atoms with Gasteiger partial charge in [-0.05, 0) is 11.8 Å². The predicted octanol–water partition coefficient (Wildman–Crippen LogP) is 0.149. The van der Waals surface area contributed by atoms with Gasteiger partial charge in [-0.1, -0.05) is 0 Å². The first kappa shape index (κ1) is 4.28. The second-order valence-corrected chi connectivity index (χ2v) is 1.94. The van der Waals surface area contributed by atoms with E-state index in [0.717, 1.165) is 0 Å². The third kappa shape index (κ3) is 47.6. The topological polar surface area (TPSA) is 43.1 Å². The highest BCUT2D eigenvalue weighted by Gasteiger charge is 1.46. The van der Waals surface area contributed by atoms with Crippen molar-refractivity contribution in [3.05, 3.63) is 0 Å². The zero-order chi connectivity index (χ0) is 3.58. The average Bonchev–Trinajstić information content (AvgIpc) is 0.811. The summed E-state index contributed by atoms with van der Waals surface area (Å²) in [6, 6.07) is 0. The third-order valence-electron chi connectivity index (χ3n) is 0. The number of hydrogen-bond donors (Lipinski definition) is 1. The molecule has 0 heterocycles. The van der Waals surface area contributed by atoms with Gasteiger partial charge in [-0.3, -0.25) is 4.57 Å². The van der Waals surface area contributed by atoms with Gasteiger partial charge in [0.05, 0.1) is 0 Å². The fourth-order valence-corrected chi connectivity index (χ4v) is 0. The Balaban J connectivity index is 3.51. The Labute approximate surface area is 29.5 Å². The molecule has 4 heavy (non-hydrogen) atoms. The van der Waals surface area contributed by atoms with Crippen molar-refractivity contribution in [3.63, 3.8) is 0 Å². The molecular weight excluding hydrogens is 93.0 g/mol. The van der Waals surface area contributed by atoms with Gasteiger partial charge in [0.15, 0.2) is 0 Å². The lowest BCUT2D eigenvalue weighted by Crippen LogP contribution is -1.58. The molecule has 2 N–H and O–H groups in total. The highest BCUT2D eigenvalue weighted by Crippen LogP contribution is 1.77. The highest BCUT2D eigenvalue weighted by molar-refractivity contribution is 7.98. The van der Waals surface area contributed by atoms with Crippen molar-refractivity contribution in [2.45, 2.75) is 0 Å². The molecule has 0 aliphatic heterocycles. The standard InChI is InChI=1S/H2NOPS/c1-3(2)4/h(H2,1,2,4). The van der Waals surface area contributed by atoms with E-state index in [0.29, 0.717) is 0 Å². The molecule has 0 aliphatic carbocycles. The van der Waals surface area contributed by atoms with Crippen LogP contribution in [-0.2, 0) is 16.4 Å². The first-order valence-corrected chi connectivity index (χ1v) is 2.97. The largest absolute Gasteiger partial charge is 0.253 e. The van der Waals surface area contributed by atoms with E-state index in [-0.39, 0.29) is 0 Å². The van der Waals surface area contributed by atoms with E-state index >= 15 is 0 Å². The Morgan fingerprint density at radius 1 is 2.00 bits per heavy atom. The van der Waals surface area contributed by atoms with Gasteiger partial charge in [0.1, 0.15) is 0 Å². The Morgan fingerprint density at radius 3 is 2.00 bits per heavy atom. The van der Waals surface area contributed by atoms with Crippen LogP contribution in [0.25, 0.3) is 0 Å². The zero-order valence-corrected chi connectivity index (χ0v) is 3.55. The monoisotopic (exact) mass is 95.0 g/mol. The average molecular weight is 95.1 g/mol. The molecular formula is H2NOPS. The fourth-order valence-electron chi connectivity index (χ4n) is 0. The first-order valence-electron chi connectivity index (χ1n) is 0.623. The summed E-state index contributed by atoms with van der Waals surface area (Å²) in [4.78, 5) is 0. The summed E-state index contributed by atoms with van der Waals surface area (Å²) in [6.45, 7) is -1.79. The van der Waals surface area contributed by atoms with E-state index in [1.807, 2.05) is 0 Å². The van der Waals surface area contributed by atoms with E-state index in [4.69, 9.17) is 0 Å². The lowest BCUT2D eigenvalue weighted by Gasteiger charge is -1.41. The van der Waals surface area contributed by atoms with Crippen LogP contribution in [0.5, 0.6) is 0 Å². The van der Waals surface area contributed by atoms with Crippen LogP contribution in [0.1, 0.15) is 0 Å². The molecule has 24 valence electrons. The van der Waals surface area contributed by atoms with Crippen molar-refractivity contribution >= 4 is 18.5 Å². The van der Waals surface area contributed by atoms with Gasteiger partial charge in [0.2, 0.25) is 6.73 Å². The molecule has 0 rings (SSSR count). The molecule has 0 aromatic carbocycles. The molecule has 0 saturated carbocycles. The molecule has 2 nitrogen and oxygen atoms in total. The smallest absolute Gasteiger partial charge is 0.238 e. The second kappa shape index (κ2) is 1.58. The molecule has 0 aromatic rings. The molecule has 0 aromatic heterocycles. The third-order valence-corrected chi connectivity index (χ3v) is 0. The highest BCUT2D eigenvalue weighted by atomic mass is 32.4. The molecule has 1 atom stereocenters. The molecule has 1 unspecified atom stereocenters. The van der Waals surface area contributed by atoms with E-state index in [9.17, 15) is 4.57 Å². The number of hydrogen-bond acceptors (Lipinski definition) is 2. The summed E-state index contributed by atoms with van der Waals surface area (Å²) < 4.78 is 9.19. The lowest BCUT2D eigenvalue weighted by atomic mass is 13.9. The van der Waals surface area contributed by atoms with Crippen molar-refractivity contribution in [2.75, 3.05) is 0 Å². The Hall–Kier alpha value is 0.280. The summed E-state index contributed by atoms with van der Waals surface area (Å²) >= 11 is 3.91. The normalized spacial score (nSPS) is 10.8. The fraction of sp³-hybridized carbons (Fsp3) is 0. The van der Waals surface area contributed by atoms with Crippen molar-refractivity contribution < 1.29 is 4.57 Å². The maximum absolute atomic E-state index is 9.19. The van der Waals surface area contributed by atoms with Crippen LogP contribution in [-0.4, -0.2) is 0 Å². The van der Waals surface area contributed by atoms with Crippen LogP contribution in [0, 0.1) is 0 Å². The van der Waals surface area contributed by atoms with E-state index in [2.05, 4.69) is 17.3 Å². The Morgan fingerprint density at radius 2 is 2.00 bits per heavy atom. The maximum Gasteiger partial charge on any atom is 0.238 e. The van der Waals surface area contributed by atoms with Crippen LogP contribution in [0.15, 0.2) is 0 Å². The predicted molar refractivity (Wildman–Crippen MR) is 19.2 cm³/mol. The minimum Gasteiger partial charge on any atom is -0.253 e. The van der Waals surface area contributed by atoms with E-state index < -0.39 is 6.73 Å². The maximum atomic E-state index is 9.19. The van der Waals surface area contributed by atoms with Gasteiger partial charge >= 0.3 is 0 Å². The van der Waals surface area contributed by atoms with Crippen LogP contribution in [0.2, 0.25) is 0 Å². The van der Waals surface area contributed by atoms with Gasteiger partial charge in [0.25, 0.3) is 0 Å². The lowest BCUT2D eigenvalue weighted by molar-refractivity contribution is 0.598. The summed E-state index contributed by atoms with van der Waals surface area (Å²) in [5.41, 5.74) is 4.44. The number of nitrogens with two attached hydrogens (primary N) is 1. The molecule has 4 heteroatoms. The molecule has 0 saturated heterocycles. The summed E-state index contributed by atoms with van der Waals surface area (Å²) in [5.74, 6) is 0. The molecule has 0 fully saturated rings. The van der Waals surface area contributed by atoms with Crippen molar-refractivity contribution in [2.24, 2.45) is 5.50 Å². The van der Waals surface area contributed by atoms with Crippen LogP contribution < -0.4 is 5.50 Å². The molecule has 0 radical (unpaired) electrons. The van der Waals surface area contributed by atoms with Gasteiger partial charge in [-0.15, -0.1) is 0 Å². The molecule has 0 bridgehead atoms. The van der Waals surface area contributed by atoms with Gasteiger partial charge in [0, 0.05) is 0 Å². The second-order valence-electron chi connectivity index (χ2n) is 0.285. The summed E-state index contributed by atoms with van der Waals surface area (Å²) in [7, 11) is 0. The SMILES string of the molecule is NP(=O)=S. The minimum atomic E-state index is -1.79. The van der Waals surface area contributed by atoms with Crippen LogP contribution in [0.4, 0.5) is 0 Å². The van der Waals surface area contributed by atoms with E-state index in [1.165, 1.54) is 0 Å². The van der Waals surface area contributed by atoms with Crippen LogP contribution >= 0.6 is 6.73 Å². The van der Waals surface area contributed by atoms with Gasteiger partial charge in [-0.25, -0.2) is 5.50 Å². The summed E-state index contributed by atoms with van der Waals surface area (Å²) in [5, 5.41) is 0. The molecule has 0 aliphatic rings. The zero-order valence-electron chi connectivity index (χ0n) is 1.84. The Kier molecular flexibility index (Phi) is 1.70. The van der Waals surface area contributed by atoms with Gasteiger partial charge < -0.3 is 0 Å². The molecule has 0 amide bonds. The molecule has 0 spiro atoms. The van der Waals surface area contributed by atoms with Crippen molar-refractivity contribution in [1.29, 1.82) is 0 Å². The van der Waals surface area contributed by atoms with Crippen molar-refractivity contribution in [3.8, 4) is 0 Å². The Bertz CT molecular complexity index is 56.4. The summed E-state index contributed by atoms with van der Waals surface area (Å²) in [6.07, 6.45) is 0. The first-order chi connectivity index (χ1) is 1.73. The minimum absolute atomic E-state index is 1.79. The quantitative estimate of drug-likeness (QED) is 0.435. The van der Waals surface area contributed by atoms with Crippen molar-refractivity contribution in [1.82, 2.24) is 0 Å². The number of rotatable bonds is 0. The van der Waals surface area contributed by atoms with Crippen LogP contribution in [0.3, 0.4) is 0 Å². The van der Waals surface area contributed by atoms with E-state index in [1.54, 1.807) is 0 Å².